The molecule has 2 aromatic rings. The molecule has 0 N–H and O–H groups in total. The lowest BCUT2D eigenvalue weighted by Gasteiger charge is -2.21. The number of benzene rings is 2. The van der Waals surface area contributed by atoms with Gasteiger partial charge in [0, 0.05) is 14.1 Å². The summed E-state index contributed by atoms with van der Waals surface area (Å²) in [4.78, 5) is 14.0. The van der Waals surface area contributed by atoms with Gasteiger partial charge in [-0.3, -0.25) is 4.79 Å². The molecule has 0 aliphatic rings. The molecular formula is C19H23NO3. The van der Waals surface area contributed by atoms with Crippen LogP contribution in [0, 0.1) is 5.92 Å². The molecule has 0 fully saturated rings. The number of carbonyl (C=O) groups excluding carboxylic acids is 1. The first kappa shape index (κ1) is 16.9. The van der Waals surface area contributed by atoms with Crippen molar-refractivity contribution < 1.29 is 14.3 Å². The minimum atomic E-state index is -0.213. The number of ether oxygens (including phenoxy) is 2. The Kier molecular flexibility index (Phi) is 6.03. The van der Waals surface area contributed by atoms with Crippen LogP contribution in [0.15, 0.2) is 54.6 Å². The van der Waals surface area contributed by atoms with Crippen molar-refractivity contribution in [1.82, 2.24) is 4.90 Å². The molecule has 0 aliphatic carbocycles. The van der Waals surface area contributed by atoms with E-state index in [0.29, 0.717) is 13.0 Å². The Morgan fingerprint density at radius 1 is 1.00 bits per heavy atom. The van der Waals surface area contributed by atoms with Gasteiger partial charge in [-0.2, -0.15) is 0 Å². The fourth-order valence-corrected chi connectivity index (χ4v) is 2.35. The summed E-state index contributed by atoms with van der Waals surface area (Å²) >= 11 is 0. The minimum absolute atomic E-state index is 0.0716. The van der Waals surface area contributed by atoms with Crippen LogP contribution in [-0.4, -0.2) is 38.6 Å². The largest absolute Gasteiger partial charge is 0.497 e. The summed E-state index contributed by atoms with van der Waals surface area (Å²) < 4.78 is 10.9. The molecule has 4 nitrogen and oxygen atoms in total. The van der Waals surface area contributed by atoms with Gasteiger partial charge in [0.05, 0.1) is 13.0 Å². The van der Waals surface area contributed by atoms with E-state index >= 15 is 0 Å². The predicted octanol–water partition coefficient (Wildman–Crippen LogP) is 3.02. The molecule has 0 saturated heterocycles. The molecule has 1 atom stereocenters. The Balaban J connectivity index is 2.03. The monoisotopic (exact) mass is 313 g/mol. The van der Waals surface area contributed by atoms with Gasteiger partial charge >= 0.3 is 0 Å². The normalized spacial score (nSPS) is 11.6. The molecule has 2 rings (SSSR count). The van der Waals surface area contributed by atoms with Gasteiger partial charge in [-0.15, -0.1) is 0 Å². The zero-order valence-electron chi connectivity index (χ0n) is 13.9. The standard InChI is InChI=1S/C19H23NO3/c1-20(2)19(21)16(13-15-7-5-4-6-8-15)14-23-18-11-9-17(22-3)10-12-18/h4-12,16H,13-14H2,1-3H3. The van der Waals surface area contributed by atoms with Crippen LogP contribution in [0.1, 0.15) is 5.56 Å². The summed E-state index contributed by atoms with van der Waals surface area (Å²) in [7, 11) is 5.17. The fraction of sp³-hybridized carbons (Fsp3) is 0.316. The van der Waals surface area contributed by atoms with E-state index in [4.69, 9.17) is 9.47 Å². The van der Waals surface area contributed by atoms with Crippen LogP contribution in [0.3, 0.4) is 0 Å². The molecule has 0 aromatic heterocycles. The summed E-state index contributed by atoms with van der Waals surface area (Å²) in [6, 6.07) is 17.4. The zero-order chi connectivity index (χ0) is 16.7. The molecule has 0 radical (unpaired) electrons. The maximum atomic E-state index is 12.4. The smallest absolute Gasteiger partial charge is 0.228 e. The minimum Gasteiger partial charge on any atom is -0.497 e. The van der Waals surface area contributed by atoms with Crippen LogP contribution in [0.4, 0.5) is 0 Å². The Morgan fingerprint density at radius 3 is 2.17 bits per heavy atom. The average Bonchev–Trinajstić information content (AvgIpc) is 2.59. The van der Waals surface area contributed by atoms with Gasteiger partial charge in [-0.05, 0) is 36.2 Å². The van der Waals surface area contributed by atoms with Crippen molar-refractivity contribution in [1.29, 1.82) is 0 Å². The number of methoxy groups -OCH3 is 1. The second-order valence-electron chi connectivity index (χ2n) is 5.61. The second-order valence-corrected chi connectivity index (χ2v) is 5.61. The molecule has 4 heteroatoms. The lowest BCUT2D eigenvalue weighted by atomic mass is 9.99. The van der Waals surface area contributed by atoms with Crippen molar-refractivity contribution in [2.45, 2.75) is 6.42 Å². The maximum Gasteiger partial charge on any atom is 0.228 e. The number of nitrogens with zero attached hydrogens (tertiary/aromatic N) is 1. The Bertz CT molecular complexity index is 608. The first-order chi connectivity index (χ1) is 11.1. The van der Waals surface area contributed by atoms with Crippen LogP contribution < -0.4 is 9.47 Å². The number of hydrogen-bond acceptors (Lipinski definition) is 3. The fourth-order valence-electron chi connectivity index (χ4n) is 2.35. The van der Waals surface area contributed by atoms with Gasteiger partial charge in [-0.1, -0.05) is 30.3 Å². The second kappa shape index (κ2) is 8.22. The van der Waals surface area contributed by atoms with Gasteiger partial charge in [0.25, 0.3) is 0 Å². The lowest BCUT2D eigenvalue weighted by molar-refractivity contribution is -0.133. The van der Waals surface area contributed by atoms with E-state index < -0.39 is 0 Å². The third-order valence-corrected chi connectivity index (χ3v) is 3.63. The van der Waals surface area contributed by atoms with Crippen LogP contribution >= 0.6 is 0 Å². The molecule has 0 saturated carbocycles. The van der Waals surface area contributed by atoms with E-state index in [9.17, 15) is 4.79 Å². The van der Waals surface area contributed by atoms with E-state index in [1.165, 1.54) is 0 Å². The van der Waals surface area contributed by atoms with Crippen molar-refractivity contribution in [2.75, 3.05) is 27.8 Å². The summed E-state index contributed by atoms with van der Waals surface area (Å²) in [6.45, 7) is 0.345. The maximum absolute atomic E-state index is 12.4. The van der Waals surface area contributed by atoms with Crippen molar-refractivity contribution in [3.05, 3.63) is 60.2 Å². The Hall–Kier alpha value is -2.49. The first-order valence-corrected chi connectivity index (χ1v) is 7.62. The zero-order valence-corrected chi connectivity index (χ0v) is 13.9. The highest BCUT2D eigenvalue weighted by Gasteiger charge is 2.21. The summed E-state index contributed by atoms with van der Waals surface area (Å²) in [6.07, 6.45) is 0.661. The SMILES string of the molecule is COc1ccc(OCC(Cc2ccccc2)C(=O)N(C)C)cc1. The Morgan fingerprint density at radius 2 is 1.61 bits per heavy atom. The summed E-state index contributed by atoms with van der Waals surface area (Å²) in [5.74, 6) is 1.37. The molecule has 0 bridgehead atoms. The van der Waals surface area contributed by atoms with Gasteiger partial charge < -0.3 is 14.4 Å². The first-order valence-electron chi connectivity index (χ1n) is 7.62. The van der Waals surface area contributed by atoms with Gasteiger partial charge in [0.1, 0.15) is 18.1 Å². The van der Waals surface area contributed by atoms with E-state index in [-0.39, 0.29) is 11.8 Å². The van der Waals surface area contributed by atoms with Crippen molar-refractivity contribution in [2.24, 2.45) is 5.92 Å². The van der Waals surface area contributed by atoms with Crippen molar-refractivity contribution in [3.63, 3.8) is 0 Å². The highest BCUT2D eigenvalue weighted by Crippen LogP contribution is 2.19. The quantitative estimate of drug-likeness (QED) is 0.789. The predicted molar refractivity (Wildman–Crippen MR) is 90.8 cm³/mol. The van der Waals surface area contributed by atoms with Crippen LogP contribution in [0.5, 0.6) is 11.5 Å². The topological polar surface area (TPSA) is 38.8 Å². The number of amides is 1. The third kappa shape index (κ3) is 5.02. The molecule has 23 heavy (non-hydrogen) atoms. The van der Waals surface area contributed by atoms with Crippen molar-refractivity contribution in [3.8, 4) is 11.5 Å². The van der Waals surface area contributed by atoms with E-state index in [1.54, 1.807) is 26.1 Å². The van der Waals surface area contributed by atoms with Crippen LogP contribution in [-0.2, 0) is 11.2 Å². The molecule has 1 unspecified atom stereocenters. The number of hydrogen-bond donors (Lipinski definition) is 0. The van der Waals surface area contributed by atoms with Crippen molar-refractivity contribution >= 4 is 5.91 Å². The van der Waals surface area contributed by atoms with Gasteiger partial charge in [0.2, 0.25) is 5.91 Å². The van der Waals surface area contributed by atoms with E-state index in [2.05, 4.69) is 0 Å². The molecular weight excluding hydrogens is 290 g/mol. The van der Waals surface area contributed by atoms with E-state index in [0.717, 1.165) is 17.1 Å². The van der Waals surface area contributed by atoms with Crippen LogP contribution in [0.25, 0.3) is 0 Å². The van der Waals surface area contributed by atoms with Gasteiger partial charge in [0.15, 0.2) is 0 Å². The third-order valence-electron chi connectivity index (χ3n) is 3.63. The average molecular weight is 313 g/mol. The summed E-state index contributed by atoms with van der Waals surface area (Å²) in [5.41, 5.74) is 1.13. The number of rotatable bonds is 7. The molecule has 1 amide bonds. The highest BCUT2D eigenvalue weighted by atomic mass is 16.5. The lowest BCUT2D eigenvalue weighted by Crippen LogP contribution is -2.34. The molecule has 2 aromatic carbocycles. The molecule has 0 spiro atoms. The highest BCUT2D eigenvalue weighted by molar-refractivity contribution is 5.78. The molecule has 122 valence electrons. The Labute approximate surface area is 137 Å². The van der Waals surface area contributed by atoms with Gasteiger partial charge in [-0.25, -0.2) is 0 Å². The number of carbonyl (C=O) groups is 1. The summed E-state index contributed by atoms with van der Waals surface area (Å²) in [5, 5.41) is 0. The van der Waals surface area contributed by atoms with Crippen LogP contribution in [0.2, 0.25) is 0 Å². The van der Waals surface area contributed by atoms with E-state index in [1.807, 2.05) is 54.6 Å². The molecule has 0 aliphatic heterocycles. The molecule has 0 heterocycles.